The highest BCUT2D eigenvalue weighted by molar-refractivity contribution is 5.83. The molecule has 1 saturated carbocycles. The van der Waals surface area contributed by atoms with Gasteiger partial charge in [-0.2, -0.15) is 5.26 Å². The van der Waals surface area contributed by atoms with Crippen molar-refractivity contribution in [1.82, 2.24) is 5.32 Å². The van der Waals surface area contributed by atoms with Crippen LogP contribution in [0.2, 0.25) is 0 Å². The molecule has 0 saturated heterocycles. The summed E-state index contributed by atoms with van der Waals surface area (Å²) in [5, 5.41) is 11.3. The van der Waals surface area contributed by atoms with Crippen LogP contribution in [-0.4, -0.2) is 17.5 Å². The van der Waals surface area contributed by atoms with Gasteiger partial charge in [0.15, 0.2) is 0 Å². The number of nitrogens with one attached hydrogen (secondary N) is 1. The summed E-state index contributed by atoms with van der Waals surface area (Å²) in [6.45, 7) is 0. The number of hydrogen-bond donors (Lipinski definition) is 2. The van der Waals surface area contributed by atoms with Gasteiger partial charge in [-0.15, -0.1) is 0 Å². The van der Waals surface area contributed by atoms with Crippen molar-refractivity contribution in [3.63, 3.8) is 0 Å². The summed E-state index contributed by atoms with van der Waals surface area (Å²) < 4.78 is 41.4. The first-order valence-corrected chi connectivity index (χ1v) is 6.91. The summed E-state index contributed by atoms with van der Waals surface area (Å²) in [6, 6.07) is 5.41. The van der Waals surface area contributed by atoms with Crippen LogP contribution in [0.1, 0.15) is 31.2 Å². The molecule has 7 heteroatoms. The van der Waals surface area contributed by atoms with Gasteiger partial charge < -0.3 is 11.1 Å². The number of halogens is 3. The van der Waals surface area contributed by atoms with Crippen LogP contribution in [0.3, 0.4) is 0 Å². The van der Waals surface area contributed by atoms with Gasteiger partial charge in [0.05, 0.1) is 17.7 Å². The summed E-state index contributed by atoms with van der Waals surface area (Å²) >= 11 is 0. The molecule has 0 aliphatic heterocycles. The second-order valence-corrected chi connectivity index (χ2v) is 5.51. The molecule has 1 fully saturated rings. The molecule has 1 aliphatic carbocycles. The molecular formula is C15H16F3N3O. The fraction of sp³-hybridized carbons (Fsp3) is 0.467. The summed E-state index contributed by atoms with van der Waals surface area (Å²) in [6.07, 6.45) is 0.0114. The van der Waals surface area contributed by atoms with Crippen molar-refractivity contribution in [3.05, 3.63) is 35.6 Å². The Kier molecular flexibility index (Phi) is 4.42. The normalized spacial score (nSPS) is 17.4. The molecule has 0 aromatic heterocycles. The first-order chi connectivity index (χ1) is 10.3. The maximum atomic E-state index is 14.0. The lowest BCUT2D eigenvalue weighted by molar-refractivity contribution is -0.123. The first kappa shape index (κ1) is 16.3. The van der Waals surface area contributed by atoms with Crippen molar-refractivity contribution in [1.29, 1.82) is 5.26 Å². The standard InChI is InChI=1S/C15H16F3N3O/c16-11-4-2-1-3-10(11)15(17,18)6-5-12(20)13(22)21-14(9-19)7-8-14/h1-4,12H,5-8,20H2,(H,21,22)/t12-/m0/s1. The SMILES string of the molecule is N#CC1(NC(=O)[C@@H](N)CCC(F)(F)c2ccccc2F)CC1. The fourth-order valence-electron chi connectivity index (χ4n) is 2.08. The smallest absolute Gasteiger partial charge is 0.276 e. The number of alkyl halides is 2. The number of carbonyl (C=O) groups is 1. The minimum atomic E-state index is -3.41. The molecule has 3 N–H and O–H groups in total. The third-order valence-corrected chi connectivity index (χ3v) is 3.70. The van der Waals surface area contributed by atoms with Crippen molar-refractivity contribution in [2.24, 2.45) is 5.73 Å². The van der Waals surface area contributed by atoms with Gasteiger partial charge in [0.2, 0.25) is 5.91 Å². The van der Waals surface area contributed by atoms with Crippen molar-refractivity contribution in [2.45, 2.75) is 43.2 Å². The van der Waals surface area contributed by atoms with Crippen LogP contribution in [0.15, 0.2) is 24.3 Å². The van der Waals surface area contributed by atoms with Gasteiger partial charge >= 0.3 is 0 Å². The Balaban J connectivity index is 1.93. The predicted octanol–water partition coefficient (Wildman–Crippen LogP) is 2.20. The van der Waals surface area contributed by atoms with Crippen molar-refractivity contribution >= 4 is 5.91 Å². The minimum Gasteiger partial charge on any atom is -0.336 e. The van der Waals surface area contributed by atoms with Crippen LogP contribution in [0.5, 0.6) is 0 Å². The van der Waals surface area contributed by atoms with Crippen LogP contribution < -0.4 is 11.1 Å². The zero-order valence-corrected chi connectivity index (χ0v) is 11.8. The Morgan fingerprint density at radius 3 is 2.64 bits per heavy atom. The lowest BCUT2D eigenvalue weighted by Crippen LogP contribution is -2.46. The average Bonchev–Trinajstić information content (AvgIpc) is 3.25. The van der Waals surface area contributed by atoms with Gasteiger partial charge in [-0.3, -0.25) is 4.79 Å². The van der Waals surface area contributed by atoms with E-state index in [0.29, 0.717) is 12.8 Å². The molecule has 4 nitrogen and oxygen atoms in total. The lowest BCUT2D eigenvalue weighted by Gasteiger charge is -2.20. The van der Waals surface area contributed by atoms with E-state index in [-0.39, 0.29) is 6.42 Å². The largest absolute Gasteiger partial charge is 0.336 e. The van der Waals surface area contributed by atoms with Gasteiger partial charge in [0.1, 0.15) is 11.4 Å². The Morgan fingerprint density at radius 2 is 2.09 bits per heavy atom. The maximum Gasteiger partial charge on any atom is 0.276 e. The Labute approximate surface area is 126 Å². The molecule has 22 heavy (non-hydrogen) atoms. The summed E-state index contributed by atoms with van der Waals surface area (Å²) in [4.78, 5) is 11.8. The average molecular weight is 311 g/mol. The monoisotopic (exact) mass is 311 g/mol. The van der Waals surface area contributed by atoms with E-state index in [1.54, 1.807) is 0 Å². The summed E-state index contributed by atoms with van der Waals surface area (Å²) in [5.41, 5.74) is 3.99. The Morgan fingerprint density at radius 1 is 1.45 bits per heavy atom. The highest BCUT2D eigenvalue weighted by Crippen LogP contribution is 2.36. The molecule has 0 heterocycles. The lowest BCUT2D eigenvalue weighted by atomic mass is 10.00. The van der Waals surface area contributed by atoms with E-state index in [2.05, 4.69) is 5.32 Å². The van der Waals surface area contributed by atoms with Crippen molar-refractivity contribution in [3.8, 4) is 6.07 Å². The predicted molar refractivity (Wildman–Crippen MR) is 73.2 cm³/mol. The van der Waals surface area contributed by atoms with Gasteiger partial charge in [-0.05, 0) is 25.3 Å². The number of carbonyl (C=O) groups excluding carboxylic acids is 1. The molecule has 1 aliphatic rings. The first-order valence-electron chi connectivity index (χ1n) is 6.91. The highest BCUT2D eigenvalue weighted by Gasteiger charge is 2.45. The number of hydrogen-bond acceptors (Lipinski definition) is 3. The Bertz CT molecular complexity index is 608. The third kappa shape index (κ3) is 3.57. The number of benzene rings is 1. The van der Waals surface area contributed by atoms with E-state index in [1.165, 1.54) is 12.1 Å². The minimum absolute atomic E-state index is 0.311. The van der Waals surface area contributed by atoms with E-state index in [1.807, 2.05) is 6.07 Å². The number of amides is 1. The topological polar surface area (TPSA) is 78.9 Å². The number of nitrogens with two attached hydrogens (primary N) is 1. The fourth-order valence-corrected chi connectivity index (χ4v) is 2.08. The molecule has 0 radical (unpaired) electrons. The zero-order valence-electron chi connectivity index (χ0n) is 11.8. The molecule has 1 amide bonds. The van der Waals surface area contributed by atoms with E-state index < -0.39 is 41.2 Å². The van der Waals surface area contributed by atoms with Crippen LogP contribution in [0, 0.1) is 17.1 Å². The van der Waals surface area contributed by atoms with Crippen molar-refractivity contribution in [2.75, 3.05) is 0 Å². The molecule has 1 atom stereocenters. The number of nitriles is 1. The van der Waals surface area contributed by atoms with Crippen molar-refractivity contribution < 1.29 is 18.0 Å². The summed E-state index contributed by atoms with van der Waals surface area (Å²) in [5.74, 6) is -5.04. The van der Waals surface area contributed by atoms with Gasteiger partial charge in [0.25, 0.3) is 5.92 Å². The van der Waals surface area contributed by atoms with Crippen LogP contribution in [-0.2, 0) is 10.7 Å². The van der Waals surface area contributed by atoms with E-state index in [0.717, 1.165) is 12.1 Å². The molecule has 118 valence electrons. The van der Waals surface area contributed by atoms with Gasteiger partial charge in [-0.25, -0.2) is 13.2 Å². The summed E-state index contributed by atoms with van der Waals surface area (Å²) in [7, 11) is 0. The molecular weight excluding hydrogens is 295 g/mol. The molecule has 0 spiro atoms. The molecule has 0 unspecified atom stereocenters. The third-order valence-electron chi connectivity index (χ3n) is 3.70. The van der Waals surface area contributed by atoms with Gasteiger partial charge in [-0.1, -0.05) is 18.2 Å². The Hall–Kier alpha value is -2.07. The zero-order chi connectivity index (χ0) is 16.4. The molecule has 2 rings (SSSR count). The highest BCUT2D eigenvalue weighted by atomic mass is 19.3. The van der Waals surface area contributed by atoms with E-state index in [4.69, 9.17) is 11.0 Å². The molecule has 1 aromatic rings. The van der Waals surface area contributed by atoms with Crippen LogP contribution in [0.4, 0.5) is 13.2 Å². The van der Waals surface area contributed by atoms with E-state index in [9.17, 15) is 18.0 Å². The van der Waals surface area contributed by atoms with Gasteiger partial charge in [0, 0.05) is 6.42 Å². The van der Waals surface area contributed by atoms with Crippen LogP contribution in [0.25, 0.3) is 0 Å². The number of nitrogens with zero attached hydrogens (tertiary/aromatic N) is 1. The molecule has 1 aromatic carbocycles. The second kappa shape index (κ2) is 5.97. The maximum absolute atomic E-state index is 14.0. The van der Waals surface area contributed by atoms with Crippen LogP contribution >= 0.6 is 0 Å². The van der Waals surface area contributed by atoms with E-state index >= 15 is 0 Å². The second-order valence-electron chi connectivity index (χ2n) is 5.51. The number of rotatable bonds is 6. The molecule has 0 bridgehead atoms. The quantitative estimate of drug-likeness (QED) is 0.845.